The number of halogens is 3. The van der Waals surface area contributed by atoms with Crippen molar-refractivity contribution in [1.29, 1.82) is 0 Å². The number of ketones is 1. The second kappa shape index (κ2) is 17.9. The molecule has 14 heteroatoms. The molecule has 2 atom stereocenters. The van der Waals surface area contributed by atoms with Crippen LogP contribution in [0.2, 0.25) is 5.02 Å². The molecular weight excluding hydrogens is 824 g/mol. The van der Waals surface area contributed by atoms with Gasteiger partial charge in [0.25, 0.3) is 5.56 Å². The average molecular weight is 866 g/mol. The Morgan fingerprint density at radius 1 is 0.937 bits per heavy atom. The summed E-state index contributed by atoms with van der Waals surface area (Å²) in [6.07, 6.45) is 5.07. The molecule has 0 aliphatic heterocycles. The van der Waals surface area contributed by atoms with Gasteiger partial charge in [-0.3, -0.25) is 19.4 Å². The molecule has 8 aromatic rings. The van der Waals surface area contributed by atoms with Crippen LogP contribution < -0.4 is 10.3 Å². The van der Waals surface area contributed by atoms with Crippen molar-refractivity contribution in [2.24, 2.45) is 7.05 Å². The Morgan fingerprint density at radius 2 is 1.75 bits per heavy atom. The standard InChI is InChI=1S/C49H42ClF2N7O4/c1-3-38(39-15-12-34(50)23-42(39)52)44(31-11-16-43-33(20-31)25-54-56-43)30-9-13-37(14-10-30)63-18-4-17-62-26-36(60)19-28-5-7-29(8-6-28)40-22-32-21-35(51)24-41-45(32)47(57-58-49(41)61)46(40)48-53-27-55-59(48)2/h5-16,20-21,23-25,27,40,46H,3-4,17-19,22,26H2,1-2H3,(H,54,56)(H,58,61)/b44-38+/t40-,46-/m1/s1. The number of carbonyl (C=O) groups is 1. The van der Waals surface area contributed by atoms with Crippen molar-refractivity contribution in [3.8, 4) is 5.75 Å². The minimum absolute atomic E-state index is 0.0305. The zero-order chi connectivity index (χ0) is 43.6. The third-order valence-electron chi connectivity index (χ3n) is 11.7. The topological polar surface area (TPSA) is 141 Å². The summed E-state index contributed by atoms with van der Waals surface area (Å²) < 4.78 is 43.5. The lowest BCUT2D eigenvalue weighted by molar-refractivity contribution is -0.123. The molecular formula is C49H42ClF2N7O4. The predicted molar refractivity (Wildman–Crippen MR) is 238 cm³/mol. The maximum absolute atomic E-state index is 15.3. The zero-order valence-corrected chi connectivity index (χ0v) is 35.3. The third-order valence-corrected chi connectivity index (χ3v) is 11.9. The molecule has 2 N–H and O–H groups in total. The fourth-order valence-corrected chi connectivity index (χ4v) is 8.93. The number of aromatic nitrogens is 7. The lowest BCUT2D eigenvalue weighted by Gasteiger charge is -2.32. The van der Waals surface area contributed by atoms with Crippen LogP contribution in [0.3, 0.4) is 0 Å². The van der Waals surface area contributed by atoms with Gasteiger partial charge in [-0.15, -0.1) is 0 Å². The second-order valence-electron chi connectivity index (χ2n) is 15.7. The summed E-state index contributed by atoms with van der Waals surface area (Å²) in [7, 11) is 1.81. The number of H-pyrrole nitrogens is 2. The van der Waals surface area contributed by atoms with Crippen LogP contribution in [0.5, 0.6) is 5.75 Å². The molecule has 0 spiro atoms. The number of rotatable bonds is 15. The van der Waals surface area contributed by atoms with Crippen LogP contribution in [-0.4, -0.2) is 60.8 Å². The van der Waals surface area contributed by atoms with E-state index in [4.69, 9.17) is 21.1 Å². The van der Waals surface area contributed by atoms with Crippen LogP contribution in [-0.2, 0) is 29.4 Å². The number of ether oxygens (including phenoxy) is 2. The molecule has 0 bridgehead atoms. The minimum atomic E-state index is -0.481. The zero-order valence-electron chi connectivity index (χ0n) is 34.5. The number of fused-ring (bicyclic) bond motifs is 1. The molecule has 5 aromatic carbocycles. The summed E-state index contributed by atoms with van der Waals surface area (Å²) in [5.74, 6) is -0.111. The van der Waals surface area contributed by atoms with E-state index in [0.29, 0.717) is 71.3 Å². The molecule has 11 nitrogen and oxygen atoms in total. The summed E-state index contributed by atoms with van der Waals surface area (Å²) >= 11 is 6.11. The number of nitrogens with zero attached hydrogens (tertiary/aromatic N) is 5. The molecule has 0 amide bonds. The Hall–Kier alpha value is -6.83. The monoisotopic (exact) mass is 865 g/mol. The largest absolute Gasteiger partial charge is 0.494 e. The summed E-state index contributed by atoms with van der Waals surface area (Å²) in [5, 5.41) is 20.7. The number of hydrogen-bond donors (Lipinski definition) is 2. The van der Waals surface area contributed by atoms with Crippen LogP contribution in [0, 0.1) is 11.6 Å². The van der Waals surface area contributed by atoms with E-state index < -0.39 is 11.4 Å². The van der Waals surface area contributed by atoms with Crippen LogP contribution in [0.15, 0.2) is 114 Å². The number of aryl methyl sites for hydroxylation is 1. The van der Waals surface area contributed by atoms with Gasteiger partial charge in [0.15, 0.2) is 5.78 Å². The van der Waals surface area contributed by atoms with Gasteiger partial charge in [-0.1, -0.05) is 67.1 Å². The third kappa shape index (κ3) is 8.54. The fraction of sp³-hybridized carbons (Fsp3) is 0.224. The van der Waals surface area contributed by atoms with E-state index in [0.717, 1.165) is 44.3 Å². The molecule has 9 rings (SSSR count). The van der Waals surface area contributed by atoms with Crippen LogP contribution in [0.25, 0.3) is 32.8 Å². The van der Waals surface area contributed by atoms with E-state index in [9.17, 15) is 14.0 Å². The first-order valence-electron chi connectivity index (χ1n) is 20.7. The minimum Gasteiger partial charge on any atom is -0.494 e. The Morgan fingerprint density at radius 3 is 2.51 bits per heavy atom. The van der Waals surface area contributed by atoms with E-state index in [1.807, 2.05) is 80.7 Å². The number of hydrogen-bond acceptors (Lipinski definition) is 8. The first-order valence-corrected chi connectivity index (χ1v) is 21.1. The Labute approximate surface area is 365 Å². The number of Topliss-reactive ketones (excluding diaryl/α,β-unsaturated/α-hetero) is 1. The molecule has 3 aromatic heterocycles. The highest BCUT2D eigenvalue weighted by Crippen LogP contribution is 2.46. The molecule has 3 heterocycles. The highest BCUT2D eigenvalue weighted by Gasteiger charge is 2.38. The summed E-state index contributed by atoms with van der Waals surface area (Å²) in [4.78, 5) is 30.2. The van der Waals surface area contributed by atoms with Crippen molar-refractivity contribution in [2.75, 3.05) is 19.8 Å². The fourth-order valence-electron chi connectivity index (χ4n) is 8.77. The van der Waals surface area contributed by atoms with E-state index >= 15 is 4.39 Å². The molecule has 318 valence electrons. The lowest BCUT2D eigenvalue weighted by atomic mass is 9.73. The van der Waals surface area contributed by atoms with Gasteiger partial charge in [0.1, 0.15) is 36.1 Å². The number of carbonyl (C=O) groups excluding carboxylic acids is 1. The van der Waals surface area contributed by atoms with Gasteiger partial charge in [0, 0.05) is 47.2 Å². The van der Waals surface area contributed by atoms with Crippen molar-refractivity contribution in [3.05, 3.63) is 181 Å². The smallest absolute Gasteiger partial charge is 0.272 e. The number of benzene rings is 5. The average Bonchev–Trinajstić information content (AvgIpc) is 3.94. The highest BCUT2D eigenvalue weighted by molar-refractivity contribution is 6.30. The van der Waals surface area contributed by atoms with Crippen molar-refractivity contribution in [3.63, 3.8) is 0 Å². The van der Waals surface area contributed by atoms with Crippen LogP contribution in [0.1, 0.15) is 76.5 Å². The lowest BCUT2D eigenvalue weighted by Crippen LogP contribution is -2.27. The normalized spacial score (nSPS) is 15.2. The van der Waals surface area contributed by atoms with Crippen molar-refractivity contribution in [1.82, 2.24) is 35.2 Å². The predicted octanol–water partition coefficient (Wildman–Crippen LogP) is 9.30. The van der Waals surface area contributed by atoms with E-state index in [2.05, 4.69) is 30.5 Å². The SMILES string of the molecule is CC/C(=C(/c1ccc(OCCCOCC(=O)Cc2ccc([C@H]3Cc4cc(F)cc5c(=O)[nH]nc(c45)[C@@H]3c3ncnn3C)cc2)cc1)c1ccc2[nH]ncc2c1)c1ccc(Cl)cc1F. The van der Waals surface area contributed by atoms with Gasteiger partial charge in [0.2, 0.25) is 0 Å². The summed E-state index contributed by atoms with van der Waals surface area (Å²) in [6.45, 7) is 2.71. The van der Waals surface area contributed by atoms with E-state index in [1.165, 1.54) is 24.5 Å². The van der Waals surface area contributed by atoms with Gasteiger partial charge in [-0.2, -0.15) is 15.3 Å². The molecule has 0 unspecified atom stereocenters. The van der Waals surface area contributed by atoms with Gasteiger partial charge < -0.3 is 9.47 Å². The Kier molecular flexibility index (Phi) is 11.8. The maximum Gasteiger partial charge on any atom is 0.272 e. The van der Waals surface area contributed by atoms with Gasteiger partial charge >= 0.3 is 0 Å². The van der Waals surface area contributed by atoms with Crippen LogP contribution >= 0.6 is 11.6 Å². The van der Waals surface area contributed by atoms with Gasteiger partial charge in [-0.05, 0) is 100 Å². The second-order valence-corrected chi connectivity index (χ2v) is 16.1. The van der Waals surface area contributed by atoms with Crippen LogP contribution in [0.4, 0.5) is 8.78 Å². The van der Waals surface area contributed by atoms with E-state index in [-0.39, 0.29) is 41.9 Å². The van der Waals surface area contributed by atoms with Crippen molar-refractivity contribution >= 4 is 50.2 Å². The molecule has 0 radical (unpaired) electrons. The number of allylic oxidation sites excluding steroid dienone is 1. The van der Waals surface area contributed by atoms with Crippen molar-refractivity contribution < 1.29 is 23.0 Å². The first-order chi connectivity index (χ1) is 30.6. The molecule has 1 aliphatic rings. The molecule has 0 saturated carbocycles. The van der Waals surface area contributed by atoms with Gasteiger partial charge in [0.05, 0.1) is 41.9 Å². The van der Waals surface area contributed by atoms with Crippen molar-refractivity contribution in [2.45, 2.75) is 44.4 Å². The highest BCUT2D eigenvalue weighted by atomic mass is 35.5. The summed E-state index contributed by atoms with van der Waals surface area (Å²) in [5.41, 5.74) is 7.67. The quantitative estimate of drug-likeness (QED) is 0.0768. The molecule has 63 heavy (non-hydrogen) atoms. The van der Waals surface area contributed by atoms with Gasteiger partial charge in [-0.25, -0.2) is 18.9 Å². The molecule has 0 saturated heterocycles. The summed E-state index contributed by atoms with van der Waals surface area (Å²) in [6, 6.07) is 29.1. The Bertz CT molecular complexity index is 3070. The number of nitrogens with one attached hydrogen (secondary N) is 2. The maximum atomic E-state index is 15.3. The molecule has 0 fully saturated rings. The molecule has 1 aliphatic carbocycles. The Balaban J connectivity index is 0.804. The number of aromatic amines is 2. The van der Waals surface area contributed by atoms with E-state index in [1.54, 1.807) is 23.0 Å². The first kappa shape index (κ1) is 41.5.